The number of nitrogens with one attached hydrogen (secondary N) is 1. The molecule has 1 N–H and O–H groups in total. The van der Waals surface area contributed by atoms with Gasteiger partial charge in [0.05, 0.1) is 24.0 Å². The maximum atomic E-state index is 13.7. The molecule has 2 aromatic heterocycles. The number of hydrogen-bond donors (Lipinski definition) is 1. The highest BCUT2D eigenvalue weighted by Gasteiger charge is 2.39. The second kappa shape index (κ2) is 10.0. The number of thioether (sulfide) groups is 1. The van der Waals surface area contributed by atoms with Gasteiger partial charge in [0.15, 0.2) is 0 Å². The summed E-state index contributed by atoms with van der Waals surface area (Å²) in [5.41, 5.74) is 0.163. The molecule has 3 fully saturated rings. The van der Waals surface area contributed by atoms with Gasteiger partial charge in [0.2, 0.25) is 5.91 Å². The number of pyridine rings is 1. The lowest BCUT2D eigenvalue weighted by Gasteiger charge is -2.36. The topological polar surface area (TPSA) is 113 Å². The van der Waals surface area contributed by atoms with Gasteiger partial charge in [0.1, 0.15) is 21.8 Å². The van der Waals surface area contributed by atoms with E-state index in [2.05, 4.69) is 5.32 Å². The van der Waals surface area contributed by atoms with Crippen LogP contribution in [0.15, 0.2) is 34.1 Å². The van der Waals surface area contributed by atoms with E-state index in [-0.39, 0.29) is 41.2 Å². The van der Waals surface area contributed by atoms with E-state index in [1.54, 1.807) is 34.2 Å². The number of nitrogens with zero attached hydrogens (tertiary/aromatic N) is 4. The molecule has 36 heavy (non-hydrogen) atoms. The summed E-state index contributed by atoms with van der Waals surface area (Å²) in [6.07, 6.45) is 6.84. The van der Waals surface area contributed by atoms with E-state index in [0.29, 0.717) is 28.0 Å². The van der Waals surface area contributed by atoms with Crippen LogP contribution in [0.4, 0.5) is 5.82 Å². The number of methoxy groups -OCH3 is 1. The van der Waals surface area contributed by atoms with Crippen LogP contribution >= 0.6 is 24.0 Å². The van der Waals surface area contributed by atoms with Crippen LogP contribution in [-0.2, 0) is 19.1 Å². The molecule has 1 saturated carbocycles. The lowest BCUT2D eigenvalue weighted by Crippen LogP contribution is -2.57. The number of esters is 1. The number of rotatable bonds is 5. The highest BCUT2D eigenvalue weighted by Crippen LogP contribution is 2.38. The van der Waals surface area contributed by atoms with Crippen molar-refractivity contribution in [3.63, 3.8) is 0 Å². The standard InChI is InChI=1S/C24H25N5O5S2/c1-34-19(30)13-16-21(31)25-9-11-27(16)20-15(22(32)28-10-5-4-8-18(28)26-20)12-17-23(33)29(24(35)36-17)14-6-2-3-7-14/h4-5,8,10,12,14,16H,2-3,6-7,9,11,13H2,1H3,(H,25,31). The predicted octanol–water partition coefficient (Wildman–Crippen LogP) is 1.71. The van der Waals surface area contributed by atoms with Crippen LogP contribution in [0.3, 0.4) is 0 Å². The minimum absolute atomic E-state index is 0.0777. The van der Waals surface area contributed by atoms with E-state index < -0.39 is 12.0 Å². The van der Waals surface area contributed by atoms with Gasteiger partial charge in [-0.2, -0.15) is 0 Å². The summed E-state index contributed by atoms with van der Waals surface area (Å²) >= 11 is 6.69. The van der Waals surface area contributed by atoms with Crippen molar-refractivity contribution >= 4 is 63.6 Å². The average molecular weight is 528 g/mol. The van der Waals surface area contributed by atoms with Gasteiger partial charge in [-0.05, 0) is 31.1 Å². The van der Waals surface area contributed by atoms with Crippen LogP contribution < -0.4 is 15.8 Å². The highest BCUT2D eigenvalue weighted by atomic mass is 32.2. The molecule has 10 nitrogen and oxygen atoms in total. The number of thiocarbonyl (C=S) groups is 1. The number of fused-ring (bicyclic) bond motifs is 1. The van der Waals surface area contributed by atoms with Gasteiger partial charge < -0.3 is 15.0 Å². The van der Waals surface area contributed by atoms with E-state index in [1.165, 1.54) is 29.3 Å². The van der Waals surface area contributed by atoms with Gasteiger partial charge in [0, 0.05) is 25.3 Å². The minimum Gasteiger partial charge on any atom is -0.469 e. The van der Waals surface area contributed by atoms with Gasteiger partial charge in [-0.3, -0.25) is 28.5 Å². The zero-order valence-corrected chi connectivity index (χ0v) is 21.3. The molecule has 4 heterocycles. The zero-order valence-electron chi connectivity index (χ0n) is 19.6. The second-order valence-electron chi connectivity index (χ2n) is 8.85. The smallest absolute Gasteiger partial charge is 0.308 e. The molecule has 2 aromatic rings. The third kappa shape index (κ3) is 4.39. The Morgan fingerprint density at radius 1 is 1.28 bits per heavy atom. The SMILES string of the molecule is COC(=O)CC1C(=O)NCCN1c1nc2ccccn2c(=O)c1C=C1SC(=S)N(C2CCCC2)C1=O. The number of carbonyl (C=O) groups excluding carboxylic acids is 3. The number of aromatic nitrogens is 2. The highest BCUT2D eigenvalue weighted by molar-refractivity contribution is 8.26. The second-order valence-corrected chi connectivity index (χ2v) is 10.5. The summed E-state index contributed by atoms with van der Waals surface area (Å²) in [5.74, 6) is -0.900. The minimum atomic E-state index is -0.913. The molecule has 1 unspecified atom stereocenters. The quantitative estimate of drug-likeness (QED) is 0.353. The fourth-order valence-electron chi connectivity index (χ4n) is 4.94. The van der Waals surface area contributed by atoms with Crippen molar-refractivity contribution in [1.82, 2.24) is 19.6 Å². The molecule has 0 bridgehead atoms. The van der Waals surface area contributed by atoms with Crippen molar-refractivity contribution in [3.8, 4) is 0 Å². The Hall–Kier alpha value is -3.25. The summed E-state index contributed by atoms with van der Waals surface area (Å²) in [7, 11) is 1.26. The molecule has 0 spiro atoms. The molecule has 188 valence electrons. The molecule has 2 saturated heterocycles. The van der Waals surface area contributed by atoms with Crippen LogP contribution in [0.25, 0.3) is 11.7 Å². The molecule has 2 aliphatic heterocycles. The molecular weight excluding hydrogens is 502 g/mol. The van der Waals surface area contributed by atoms with Crippen LogP contribution in [0.1, 0.15) is 37.7 Å². The normalized spacial score (nSPS) is 22.1. The molecule has 3 aliphatic rings. The maximum absolute atomic E-state index is 13.7. The van der Waals surface area contributed by atoms with Gasteiger partial charge in [-0.25, -0.2) is 4.98 Å². The largest absolute Gasteiger partial charge is 0.469 e. The van der Waals surface area contributed by atoms with Crippen LogP contribution in [-0.4, -0.2) is 68.7 Å². The number of ether oxygens (including phenoxy) is 1. The van der Waals surface area contributed by atoms with E-state index in [9.17, 15) is 19.2 Å². The van der Waals surface area contributed by atoms with Crippen molar-refractivity contribution in [2.24, 2.45) is 0 Å². The number of amides is 2. The van der Waals surface area contributed by atoms with E-state index in [1.807, 2.05) is 0 Å². The monoisotopic (exact) mass is 527 g/mol. The molecule has 1 atom stereocenters. The van der Waals surface area contributed by atoms with Crippen LogP contribution in [0.5, 0.6) is 0 Å². The van der Waals surface area contributed by atoms with Gasteiger partial charge in [-0.1, -0.05) is 42.9 Å². The third-order valence-electron chi connectivity index (χ3n) is 6.73. The van der Waals surface area contributed by atoms with E-state index in [4.69, 9.17) is 21.9 Å². The van der Waals surface area contributed by atoms with Crippen molar-refractivity contribution in [1.29, 1.82) is 0 Å². The predicted molar refractivity (Wildman–Crippen MR) is 140 cm³/mol. The van der Waals surface area contributed by atoms with Crippen LogP contribution in [0.2, 0.25) is 0 Å². The molecule has 12 heteroatoms. The first-order chi connectivity index (χ1) is 17.4. The number of carbonyl (C=O) groups is 3. The Labute approximate surface area is 216 Å². The average Bonchev–Trinajstić information content (AvgIpc) is 3.49. The molecule has 1 aliphatic carbocycles. The van der Waals surface area contributed by atoms with Gasteiger partial charge >= 0.3 is 5.97 Å². The Kier molecular flexibility index (Phi) is 6.80. The summed E-state index contributed by atoms with van der Waals surface area (Å²) in [4.78, 5) is 60.2. The first-order valence-electron chi connectivity index (χ1n) is 11.8. The number of anilines is 1. The van der Waals surface area contributed by atoms with Crippen molar-refractivity contribution in [3.05, 3.63) is 45.2 Å². The molecule has 2 amide bonds. The Morgan fingerprint density at radius 2 is 2.06 bits per heavy atom. The number of piperazine rings is 1. The first-order valence-corrected chi connectivity index (χ1v) is 13.0. The summed E-state index contributed by atoms with van der Waals surface area (Å²) < 4.78 is 6.67. The summed E-state index contributed by atoms with van der Waals surface area (Å²) in [6.45, 7) is 0.641. The van der Waals surface area contributed by atoms with Gasteiger partial charge in [0.25, 0.3) is 11.5 Å². The summed E-state index contributed by atoms with van der Waals surface area (Å²) in [5, 5.41) is 2.76. The van der Waals surface area contributed by atoms with E-state index >= 15 is 0 Å². The van der Waals surface area contributed by atoms with Crippen molar-refractivity contribution < 1.29 is 19.1 Å². The van der Waals surface area contributed by atoms with Crippen LogP contribution in [0, 0.1) is 0 Å². The Balaban J connectivity index is 1.63. The van der Waals surface area contributed by atoms with Crippen molar-refractivity contribution in [2.75, 3.05) is 25.1 Å². The molecule has 5 rings (SSSR count). The molecular formula is C24H25N5O5S2. The van der Waals surface area contributed by atoms with Gasteiger partial charge in [-0.15, -0.1) is 0 Å². The molecule has 0 aromatic carbocycles. The zero-order chi connectivity index (χ0) is 25.4. The Bertz CT molecular complexity index is 1350. The maximum Gasteiger partial charge on any atom is 0.308 e. The molecule has 0 radical (unpaired) electrons. The summed E-state index contributed by atoms with van der Waals surface area (Å²) in [6, 6.07) is 4.33. The fraction of sp³-hybridized carbons (Fsp3) is 0.417. The van der Waals surface area contributed by atoms with E-state index in [0.717, 1.165) is 25.7 Å². The van der Waals surface area contributed by atoms with Crippen molar-refractivity contribution in [2.45, 2.75) is 44.2 Å². The number of hydrogen-bond acceptors (Lipinski definition) is 9. The lowest BCUT2D eigenvalue weighted by atomic mass is 10.1. The fourth-order valence-corrected chi connectivity index (χ4v) is 6.32. The first kappa shape index (κ1) is 24.4. The third-order valence-corrected chi connectivity index (χ3v) is 8.06. The Morgan fingerprint density at radius 3 is 2.81 bits per heavy atom. The lowest BCUT2D eigenvalue weighted by molar-refractivity contribution is -0.143.